The summed E-state index contributed by atoms with van der Waals surface area (Å²) in [4.78, 5) is 11.1. The summed E-state index contributed by atoms with van der Waals surface area (Å²) in [5.41, 5.74) is 0. The number of hydrogen-bond acceptors (Lipinski definition) is 2. The smallest absolute Gasteiger partial charge is 0.314 e. The summed E-state index contributed by atoms with van der Waals surface area (Å²) in [7, 11) is 0. The van der Waals surface area contributed by atoms with E-state index in [1.54, 1.807) is 0 Å². The highest BCUT2D eigenvalue weighted by Gasteiger charge is 2.20. The first kappa shape index (κ1) is 9.30. The van der Waals surface area contributed by atoms with E-state index in [9.17, 15) is 4.79 Å². The lowest BCUT2D eigenvalue weighted by Crippen LogP contribution is -2.17. The van der Waals surface area contributed by atoms with Gasteiger partial charge in [0.15, 0.2) is 0 Å². The fourth-order valence-corrected chi connectivity index (χ4v) is 1.40. The molecule has 1 unspecified atom stereocenters. The number of hydrogen-bond donors (Lipinski definition) is 0. The summed E-state index contributed by atoms with van der Waals surface area (Å²) >= 11 is 0. The standard InChI is InChI=1S/C10H16O2/c1-2-3-4-6-9-7-5-8-12-10(9)11/h5,8-9H,2-4,6-7H2,1H3. The van der Waals surface area contributed by atoms with Crippen LogP contribution >= 0.6 is 0 Å². The molecule has 1 atom stereocenters. The minimum atomic E-state index is -0.0476. The molecule has 0 radical (unpaired) electrons. The molecule has 1 aliphatic heterocycles. The number of carbonyl (C=O) groups excluding carboxylic acids is 1. The zero-order valence-corrected chi connectivity index (χ0v) is 7.58. The van der Waals surface area contributed by atoms with Crippen molar-refractivity contribution in [2.75, 3.05) is 0 Å². The first-order valence-electron chi connectivity index (χ1n) is 4.70. The van der Waals surface area contributed by atoms with Crippen LogP contribution in [0.3, 0.4) is 0 Å². The van der Waals surface area contributed by atoms with E-state index in [0.29, 0.717) is 0 Å². The van der Waals surface area contributed by atoms with Crippen LogP contribution in [0.1, 0.15) is 39.0 Å². The van der Waals surface area contributed by atoms with Gasteiger partial charge in [0.05, 0.1) is 12.2 Å². The molecule has 0 aromatic carbocycles. The van der Waals surface area contributed by atoms with Gasteiger partial charge in [-0.1, -0.05) is 26.2 Å². The van der Waals surface area contributed by atoms with Crippen LogP contribution in [0.15, 0.2) is 12.3 Å². The fraction of sp³-hybridized carbons (Fsp3) is 0.700. The van der Waals surface area contributed by atoms with E-state index < -0.39 is 0 Å². The highest BCUT2D eigenvalue weighted by molar-refractivity contribution is 5.74. The highest BCUT2D eigenvalue weighted by Crippen LogP contribution is 2.19. The third-order valence-electron chi connectivity index (χ3n) is 2.19. The van der Waals surface area contributed by atoms with Gasteiger partial charge < -0.3 is 4.74 Å². The molecule has 0 aromatic heterocycles. The molecular formula is C10H16O2. The third kappa shape index (κ3) is 2.68. The molecule has 0 amide bonds. The maximum atomic E-state index is 11.1. The quantitative estimate of drug-likeness (QED) is 0.476. The summed E-state index contributed by atoms with van der Waals surface area (Å²) in [6.45, 7) is 2.17. The predicted molar refractivity (Wildman–Crippen MR) is 47.5 cm³/mol. The Hall–Kier alpha value is -0.790. The molecule has 0 saturated heterocycles. The molecular weight excluding hydrogens is 152 g/mol. The molecule has 0 aromatic rings. The molecule has 0 spiro atoms. The van der Waals surface area contributed by atoms with Crippen molar-refractivity contribution in [2.24, 2.45) is 5.92 Å². The average molecular weight is 168 g/mol. The fourth-order valence-electron chi connectivity index (χ4n) is 1.40. The van der Waals surface area contributed by atoms with Crippen LogP contribution in [-0.2, 0) is 9.53 Å². The van der Waals surface area contributed by atoms with Gasteiger partial charge in [-0.3, -0.25) is 4.79 Å². The molecule has 1 rings (SSSR count). The predicted octanol–water partition coefficient (Wildman–Crippen LogP) is 2.64. The van der Waals surface area contributed by atoms with Crippen molar-refractivity contribution in [2.45, 2.75) is 39.0 Å². The van der Waals surface area contributed by atoms with Gasteiger partial charge in [-0.15, -0.1) is 0 Å². The number of cyclic esters (lactones) is 1. The van der Waals surface area contributed by atoms with Crippen LogP contribution in [0, 0.1) is 5.92 Å². The Bertz CT molecular complexity index is 173. The van der Waals surface area contributed by atoms with Gasteiger partial charge in [0, 0.05) is 0 Å². The van der Waals surface area contributed by atoms with Crippen molar-refractivity contribution in [1.82, 2.24) is 0 Å². The summed E-state index contributed by atoms with van der Waals surface area (Å²) in [5, 5.41) is 0. The van der Waals surface area contributed by atoms with Crippen molar-refractivity contribution in [3.05, 3.63) is 12.3 Å². The van der Waals surface area contributed by atoms with E-state index in [4.69, 9.17) is 4.74 Å². The van der Waals surface area contributed by atoms with Gasteiger partial charge in [0.1, 0.15) is 0 Å². The Kier molecular flexibility index (Phi) is 3.85. The minimum absolute atomic E-state index is 0.0476. The molecule has 0 bridgehead atoms. The van der Waals surface area contributed by atoms with Gasteiger partial charge in [-0.05, 0) is 18.9 Å². The van der Waals surface area contributed by atoms with Gasteiger partial charge >= 0.3 is 5.97 Å². The van der Waals surface area contributed by atoms with Crippen molar-refractivity contribution < 1.29 is 9.53 Å². The first-order valence-corrected chi connectivity index (χ1v) is 4.70. The number of esters is 1. The number of unbranched alkanes of at least 4 members (excludes halogenated alkanes) is 2. The van der Waals surface area contributed by atoms with Gasteiger partial charge in [-0.25, -0.2) is 0 Å². The van der Waals surface area contributed by atoms with Crippen LogP contribution < -0.4 is 0 Å². The summed E-state index contributed by atoms with van der Waals surface area (Å²) < 4.78 is 4.80. The van der Waals surface area contributed by atoms with E-state index in [0.717, 1.165) is 19.3 Å². The highest BCUT2D eigenvalue weighted by atomic mass is 16.5. The van der Waals surface area contributed by atoms with Crippen molar-refractivity contribution >= 4 is 5.97 Å². The van der Waals surface area contributed by atoms with Gasteiger partial charge in [-0.2, -0.15) is 0 Å². The van der Waals surface area contributed by atoms with Crippen LogP contribution in [0.2, 0.25) is 0 Å². The van der Waals surface area contributed by atoms with Crippen LogP contribution in [0.5, 0.6) is 0 Å². The van der Waals surface area contributed by atoms with E-state index in [1.165, 1.54) is 19.1 Å². The molecule has 0 fully saturated rings. The second kappa shape index (κ2) is 4.96. The van der Waals surface area contributed by atoms with E-state index in [1.807, 2.05) is 6.08 Å². The number of carbonyl (C=O) groups is 1. The maximum absolute atomic E-state index is 11.1. The number of allylic oxidation sites excluding steroid dienone is 1. The SMILES string of the molecule is CCCCCC1CC=COC1=O. The normalized spacial score (nSPS) is 22.4. The van der Waals surface area contributed by atoms with Crippen molar-refractivity contribution in [1.29, 1.82) is 0 Å². The monoisotopic (exact) mass is 168 g/mol. The van der Waals surface area contributed by atoms with E-state index in [2.05, 4.69) is 6.92 Å². The molecule has 2 nitrogen and oxygen atoms in total. The molecule has 1 heterocycles. The Morgan fingerprint density at radius 3 is 3.08 bits per heavy atom. The van der Waals surface area contributed by atoms with Crippen molar-refractivity contribution in [3.63, 3.8) is 0 Å². The maximum Gasteiger partial charge on any atom is 0.314 e. The summed E-state index contributed by atoms with van der Waals surface area (Å²) in [6.07, 6.45) is 8.84. The van der Waals surface area contributed by atoms with Gasteiger partial charge in [0.2, 0.25) is 0 Å². The molecule has 1 aliphatic rings. The Morgan fingerprint density at radius 2 is 2.42 bits per heavy atom. The summed E-state index contributed by atoms with van der Waals surface area (Å²) in [5.74, 6) is 0.0788. The molecule has 0 aliphatic carbocycles. The lowest BCUT2D eigenvalue weighted by molar-refractivity contribution is -0.144. The van der Waals surface area contributed by atoms with Crippen LogP contribution in [0.25, 0.3) is 0 Å². The molecule has 68 valence electrons. The Morgan fingerprint density at radius 1 is 1.58 bits per heavy atom. The third-order valence-corrected chi connectivity index (χ3v) is 2.19. The largest absolute Gasteiger partial charge is 0.435 e. The van der Waals surface area contributed by atoms with Crippen molar-refractivity contribution in [3.8, 4) is 0 Å². The second-order valence-corrected chi connectivity index (χ2v) is 3.24. The molecule has 2 heteroatoms. The number of ether oxygens (including phenoxy) is 1. The minimum Gasteiger partial charge on any atom is -0.435 e. The molecule has 0 N–H and O–H groups in total. The van der Waals surface area contributed by atoms with Crippen LogP contribution in [-0.4, -0.2) is 5.97 Å². The van der Waals surface area contributed by atoms with E-state index >= 15 is 0 Å². The van der Waals surface area contributed by atoms with E-state index in [-0.39, 0.29) is 11.9 Å². The van der Waals surface area contributed by atoms with Crippen LogP contribution in [0.4, 0.5) is 0 Å². The first-order chi connectivity index (χ1) is 5.84. The average Bonchev–Trinajstić information content (AvgIpc) is 2.09. The summed E-state index contributed by atoms with van der Waals surface area (Å²) in [6, 6.07) is 0. The number of rotatable bonds is 4. The lowest BCUT2D eigenvalue weighted by Gasteiger charge is -2.15. The lowest BCUT2D eigenvalue weighted by atomic mass is 9.97. The van der Waals surface area contributed by atoms with Gasteiger partial charge in [0.25, 0.3) is 0 Å². The molecule has 12 heavy (non-hydrogen) atoms. The topological polar surface area (TPSA) is 26.3 Å². The Labute approximate surface area is 73.6 Å². The zero-order chi connectivity index (χ0) is 8.81. The second-order valence-electron chi connectivity index (χ2n) is 3.24. The molecule has 0 saturated carbocycles. The zero-order valence-electron chi connectivity index (χ0n) is 7.58. The Balaban J connectivity index is 2.22.